The fraction of sp³-hybridized carbons (Fsp3) is 0.591. The standard InChI is InChI=1S/C44H61NO9S/c1-4-5-6-10-19-28-42(52-31-32-53-42)29-20-11-8-7-9-18-26-36(43(51,40(49)50)30-21-27-37(46)47)39(48)45-38(33(2)3)44(54-41(45)55,34-22-14-12-15-23-34)35-24-16-13-17-25-35/h12-18,22-26,33,36,38,51H,4-11,19-21,27-32H2,1-3H3,(H,46,47)(H,49,50)/t36-,38?,43?/m1/s1. The van der Waals surface area contributed by atoms with E-state index in [1.165, 1.54) is 36.7 Å². The van der Waals surface area contributed by atoms with Gasteiger partial charge in [0.1, 0.15) is 0 Å². The molecule has 55 heavy (non-hydrogen) atoms. The zero-order valence-corrected chi connectivity index (χ0v) is 33.6. The summed E-state index contributed by atoms with van der Waals surface area (Å²) in [4.78, 5) is 40.5. The zero-order chi connectivity index (χ0) is 39.9. The van der Waals surface area contributed by atoms with Crippen LogP contribution in [0.4, 0.5) is 0 Å². The van der Waals surface area contributed by atoms with Crippen LogP contribution in [-0.4, -0.2) is 73.9 Å². The van der Waals surface area contributed by atoms with Gasteiger partial charge in [-0.1, -0.05) is 132 Å². The third-order valence-electron chi connectivity index (χ3n) is 11.0. The number of allylic oxidation sites excluding steroid dienone is 1. The highest BCUT2D eigenvalue weighted by atomic mass is 32.1. The number of unbranched alkanes of at least 4 members (excludes halogenated alkanes) is 8. The summed E-state index contributed by atoms with van der Waals surface area (Å²) in [6.45, 7) is 7.37. The molecule has 2 heterocycles. The second-order valence-electron chi connectivity index (χ2n) is 15.3. The fourth-order valence-corrected chi connectivity index (χ4v) is 8.52. The Morgan fingerprint density at radius 3 is 1.91 bits per heavy atom. The molecule has 0 aliphatic carbocycles. The van der Waals surface area contributed by atoms with Gasteiger partial charge in [0, 0.05) is 30.4 Å². The summed E-state index contributed by atoms with van der Waals surface area (Å²) in [5.41, 5.74) is -2.28. The molecule has 1 amide bonds. The van der Waals surface area contributed by atoms with Crippen molar-refractivity contribution in [2.24, 2.45) is 11.8 Å². The molecule has 3 N–H and O–H groups in total. The highest BCUT2D eigenvalue weighted by molar-refractivity contribution is 7.80. The highest BCUT2D eigenvalue weighted by Crippen LogP contribution is 2.48. The van der Waals surface area contributed by atoms with Crippen LogP contribution in [0.25, 0.3) is 0 Å². The molecule has 11 heteroatoms. The monoisotopic (exact) mass is 779 g/mol. The van der Waals surface area contributed by atoms with Crippen molar-refractivity contribution in [2.45, 2.75) is 140 Å². The van der Waals surface area contributed by atoms with E-state index in [2.05, 4.69) is 6.92 Å². The van der Waals surface area contributed by atoms with Crippen LogP contribution in [0, 0.1) is 11.8 Å². The van der Waals surface area contributed by atoms with Gasteiger partial charge in [0.2, 0.25) is 5.91 Å². The molecule has 2 saturated heterocycles. The number of amides is 1. The lowest BCUT2D eigenvalue weighted by Crippen LogP contribution is -2.56. The zero-order valence-electron chi connectivity index (χ0n) is 32.8. The predicted octanol–water partition coefficient (Wildman–Crippen LogP) is 8.79. The molecule has 3 atom stereocenters. The Morgan fingerprint density at radius 2 is 1.40 bits per heavy atom. The quantitative estimate of drug-likeness (QED) is 0.0538. The van der Waals surface area contributed by atoms with Crippen molar-refractivity contribution < 1.29 is 43.9 Å². The summed E-state index contributed by atoms with van der Waals surface area (Å²) in [5.74, 6) is -5.74. The molecule has 0 spiro atoms. The van der Waals surface area contributed by atoms with Gasteiger partial charge < -0.3 is 29.5 Å². The molecular formula is C44H61NO9S. The predicted molar refractivity (Wildman–Crippen MR) is 215 cm³/mol. The van der Waals surface area contributed by atoms with E-state index in [1.54, 1.807) is 6.08 Å². The van der Waals surface area contributed by atoms with E-state index in [9.17, 15) is 29.7 Å². The molecule has 2 aromatic rings. The largest absolute Gasteiger partial charge is 0.481 e. The Balaban J connectivity index is 1.53. The lowest BCUT2D eigenvalue weighted by Gasteiger charge is -2.39. The fourth-order valence-electron chi connectivity index (χ4n) is 8.19. The molecule has 0 saturated carbocycles. The molecule has 0 radical (unpaired) electrons. The van der Waals surface area contributed by atoms with Crippen LogP contribution < -0.4 is 0 Å². The number of carboxylic acids is 2. The second-order valence-corrected chi connectivity index (χ2v) is 15.7. The Kier molecular flexibility index (Phi) is 16.9. The van der Waals surface area contributed by atoms with Crippen molar-refractivity contribution in [1.82, 2.24) is 4.90 Å². The number of hydrogen-bond acceptors (Lipinski definition) is 8. The third kappa shape index (κ3) is 11.0. The first-order valence-corrected chi connectivity index (χ1v) is 20.6. The summed E-state index contributed by atoms with van der Waals surface area (Å²) >= 11 is 5.81. The van der Waals surface area contributed by atoms with Crippen molar-refractivity contribution in [2.75, 3.05) is 13.2 Å². The Labute approximate surface area is 332 Å². The molecule has 4 rings (SSSR count). The summed E-state index contributed by atoms with van der Waals surface area (Å²) in [6.07, 6.45) is 14.2. The van der Waals surface area contributed by atoms with Crippen molar-refractivity contribution in [1.29, 1.82) is 0 Å². The molecule has 0 aromatic heterocycles. The molecule has 2 aliphatic heterocycles. The van der Waals surface area contributed by atoms with Crippen molar-refractivity contribution in [3.63, 3.8) is 0 Å². The average Bonchev–Trinajstić information content (AvgIpc) is 3.77. The molecule has 2 unspecified atom stereocenters. The molecule has 2 aliphatic rings. The van der Waals surface area contributed by atoms with Crippen LogP contribution >= 0.6 is 12.2 Å². The molecule has 2 aromatic carbocycles. The van der Waals surface area contributed by atoms with Gasteiger partial charge in [-0.3, -0.25) is 14.5 Å². The molecular weight excluding hydrogens is 719 g/mol. The average molecular weight is 780 g/mol. The van der Waals surface area contributed by atoms with Gasteiger partial charge in [-0.15, -0.1) is 0 Å². The highest BCUT2D eigenvalue weighted by Gasteiger charge is 2.60. The lowest BCUT2D eigenvalue weighted by atomic mass is 9.75. The van der Waals surface area contributed by atoms with Gasteiger partial charge in [-0.05, 0) is 56.7 Å². The van der Waals surface area contributed by atoms with Crippen molar-refractivity contribution in [3.05, 3.63) is 83.9 Å². The van der Waals surface area contributed by atoms with E-state index < -0.39 is 53.2 Å². The number of carbonyl (C=O) groups is 3. The van der Waals surface area contributed by atoms with Gasteiger partial charge in [-0.25, -0.2) is 4.79 Å². The minimum Gasteiger partial charge on any atom is -0.481 e. The maximum atomic E-state index is 14.9. The van der Waals surface area contributed by atoms with Gasteiger partial charge >= 0.3 is 11.9 Å². The van der Waals surface area contributed by atoms with Crippen LogP contribution in [0.5, 0.6) is 0 Å². The van der Waals surface area contributed by atoms with E-state index >= 15 is 0 Å². The van der Waals surface area contributed by atoms with Gasteiger partial charge in [-0.2, -0.15) is 0 Å². The molecule has 2 fully saturated rings. The molecule has 0 bridgehead atoms. The summed E-state index contributed by atoms with van der Waals surface area (Å²) < 4.78 is 18.8. The second kappa shape index (κ2) is 21.0. The normalized spacial score (nSPS) is 19.4. The van der Waals surface area contributed by atoms with E-state index in [4.69, 9.17) is 26.4 Å². The summed E-state index contributed by atoms with van der Waals surface area (Å²) in [5, 5.41) is 31.5. The number of nitrogens with zero attached hydrogens (tertiary/aromatic N) is 1. The maximum Gasteiger partial charge on any atom is 0.336 e. The molecule has 302 valence electrons. The number of aliphatic carboxylic acids is 2. The lowest BCUT2D eigenvalue weighted by molar-refractivity contribution is -0.169. The minimum absolute atomic E-state index is 0.123. The number of benzene rings is 2. The van der Waals surface area contributed by atoms with Crippen LogP contribution in [0.3, 0.4) is 0 Å². The van der Waals surface area contributed by atoms with Gasteiger partial charge in [0.15, 0.2) is 17.0 Å². The van der Waals surface area contributed by atoms with Crippen molar-refractivity contribution in [3.8, 4) is 0 Å². The summed E-state index contributed by atoms with van der Waals surface area (Å²) in [7, 11) is 0. The Morgan fingerprint density at radius 1 is 0.855 bits per heavy atom. The van der Waals surface area contributed by atoms with E-state index in [-0.39, 0.29) is 23.9 Å². The number of rotatable bonds is 24. The van der Waals surface area contributed by atoms with Crippen LogP contribution in [0.2, 0.25) is 0 Å². The van der Waals surface area contributed by atoms with E-state index in [0.717, 1.165) is 56.1 Å². The summed E-state index contributed by atoms with van der Waals surface area (Å²) in [6, 6.07) is 18.3. The topological polar surface area (TPSA) is 143 Å². The number of carboxylic acid groups (broad SMARTS) is 2. The number of aliphatic hydroxyl groups is 1. The first-order chi connectivity index (χ1) is 26.4. The number of ether oxygens (including phenoxy) is 3. The van der Waals surface area contributed by atoms with E-state index in [0.29, 0.717) is 19.6 Å². The van der Waals surface area contributed by atoms with Crippen LogP contribution in [0.15, 0.2) is 72.8 Å². The Hall–Kier alpha value is -3.64. The SMILES string of the molecule is CCCCCCCC1(CCCCCCC=C[C@H](C(=O)N2C(=S)OC(c3ccccc3)(c3ccccc3)C2C(C)C)C(O)(CCCC(=O)O)C(=O)O)OCCO1. The maximum absolute atomic E-state index is 14.9. The Bertz CT molecular complexity index is 1520. The first kappa shape index (κ1) is 44.1. The van der Waals surface area contributed by atoms with Crippen molar-refractivity contribution >= 4 is 35.2 Å². The van der Waals surface area contributed by atoms with E-state index in [1.807, 2.05) is 74.5 Å². The third-order valence-corrected chi connectivity index (χ3v) is 11.3. The number of thiocarbonyl (C=S) groups is 1. The van der Waals surface area contributed by atoms with Gasteiger partial charge in [0.05, 0.1) is 25.2 Å². The smallest absolute Gasteiger partial charge is 0.336 e. The minimum atomic E-state index is -2.60. The number of carbonyl (C=O) groups excluding carboxylic acids is 1. The van der Waals surface area contributed by atoms with Crippen LogP contribution in [-0.2, 0) is 34.2 Å². The van der Waals surface area contributed by atoms with Gasteiger partial charge in [0.25, 0.3) is 5.17 Å². The number of hydrogen-bond donors (Lipinski definition) is 3. The van der Waals surface area contributed by atoms with Crippen LogP contribution in [0.1, 0.15) is 128 Å². The molecule has 10 nitrogen and oxygen atoms in total. The first-order valence-electron chi connectivity index (χ1n) is 20.2.